The van der Waals surface area contributed by atoms with E-state index in [4.69, 9.17) is 14.2 Å². The standard InChI is InChI=1S/C17H21BrO4/c1-3-21-17(19)14(18)10-12-8-9-15(20-2)16(11-12)22-13-6-4-5-7-13/h8-11,13H,3-7H2,1-2H3/b14-10-. The van der Waals surface area contributed by atoms with Crippen molar-refractivity contribution in [2.24, 2.45) is 0 Å². The van der Waals surface area contributed by atoms with E-state index >= 15 is 0 Å². The molecule has 0 aliphatic heterocycles. The number of ether oxygens (including phenoxy) is 3. The monoisotopic (exact) mass is 368 g/mol. The second-order valence-electron chi connectivity index (χ2n) is 5.15. The van der Waals surface area contributed by atoms with Crippen LogP contribution >= 0.6 is 15.9 Å². The van der Waals surface area contributed by atoms with Crippen molar-refractivity contribution < 1.29 is 19.0 Å². The van der Waals surface area contributed by atoms with E-state index in [2.05, 4.69) is 15.9 Å². The number of benzene rings is 1. The van der Waals surface area contributed by atoms with Crippen LogP contribution in [0.25, 0.3) is 6.08 Å². The Hall–Kier alpha value is -1.49. The zero-order chi connectivity index (χ0) is 15.9. The van der Waals surface area contributed by atoms with Crippen LogP contribution < -0.4 is 9.47 Å². The minimum atomic E-state index is -0.378. The fourth-order valence-electron chi connectivity index (χ4n) is 2.47. The van der Waals surface area contributed by atoms with E-state index in [1.165, 1.54) is 12.8 Å². The van der Waals surface area contributed by atoms with Crippen molar-refractivity contribution >= 4 is 28.0 Å². The summed E-state index contributed by atoms with van der Waals surface area (Å²) < 4.78 is 16.7. The number of hydrogen-bond donors (Lipinski definition) is 0. The van der Waals surface area contributed by atoms with Gasteiger partial charge < -0.3 is 14.2 Å². The third-order valence-electron chi connectivity index (χ3n) is 3.55. The molecule has 22 heavy (non-hydrogen) atoms. The third-order valence-corrected chi connectivity index (χ3v) is 4.10. The van der Waals surface area contributed by atoms with Gasteiger partial charge in [-0.25, -0.2) is 4.79 Å². The predicted molar refractivity (Wildman–Crippen MR) is 89.4 cm³/mol. The van der Waals surface area contributed by atoms with Crippen LogP contribution in [0.2, 0.25) is 0 Å². The largest absolute Gasteiger partial charge is 0.493 e. The minimum Gasteiger partial charge on any atom is -0.493 e. The summed E-state index contributed by atoms with van der Waals surface area (Å²) in [5.74, 6) is 1.04. The first kappa shape index (κ1) is 16.9. The number of esters is 1. The SMILES string of the molecule is CCOC(=O)/C(Br)=C/c1ccc(OC)c(OC2CCCC2)c1. The predicted octanol–water partition coefficient (Wildman–Crippen LogP) is 4.32. The molecule has 0 radical (unpaired) electrons. The molecular formula is C17H21BrO4. The molecule has 5 heteroatoms. The van der Waals surface area contributed by atoms with Crippen LogP contribution in [0.5, 0.6) is 11.5 Å². The van der Waals surface area contributed by atoms with Gasteiger partial charge in [0.25, 0.3) is 0 Å². The maximum Gasteiger partial charge on any atom is 0.345 e. The van der Waals surface area contributed by atoms with E-state index < -0.39 is 0 Å². The Morgan fingerprint density at radius 3 is 2.68 bits per heavy atom. The number of carbonyl (C=O) groups is 1. The van der Waals surface area contributed by atoms with Gasteiger partial charge in [0.2, 0.25) is 0 Å². The highest BCUT2D eigenvalue weighted by Crippen LogP contribution is 2.33. The first-order valence-corrected chi connectivity index (χ1v) is 8.32. The van der Waals surface area contributed by atoms with Gasteiger partial charge in [0.15, 0.2) is 11.5 Å². The minimum absolute atomic E-state index is 0.252. The van der Waals surface area contributed by atoms with Crippen LogP contribution in [0.1, 0.15) is 38.2 Å². The Kier molecular flexibility index (Phi) is 6.31. The van der Waals surface area contributed by atoms with Gasteiger partial charge in [-0.2, -0.15) is 0 Å². The average molecular weight is 369 g/mol. The van der Waals surface area contributed by atoms with Gasteiger partial charge >= 0.3 is 5.97 Å². The summed E-state index contributed by atoms with van der Waals surface area (Å²) in [4.78, 5) is 11.6. The highest BCUT2D eigenvalue weighted by Gasteiger charge is 2.18. The maximum atomic E-state index is 11.6. The lowest BCUT2D eigenvalue weighted by Gasteiger charge is -2.16. The molecule has 1 aromatic rings. The van der Waals surface area contributed by atoms with Gasteiger partial charge in [0.1, 0.15) is 4.48 Å². The van der Waals surface area contributed by atoms with Crippen molar-refractivity contribution in [1.29, 1.82) is 0 Å². The van der Waals surface area contributed by atoms with E-state index in [0.717, 1.165) is 18.4 Å². The lowest BCUT2D eigenvalue weighted by atomic mass is 10.2. The molecule has 120 valence electrons. The Balaban J connectivity index is 2.18. The molecule has 0 N–H and O–H groups in total. The molecule has 0 aromatic heterocycles. The summed E-state index contributed by atoms with van der Waals surface area (Å²) in [5, 5.41) is 0. The van der Waals surface area contributed by atoms with Crippen LogP contribution in [0, 0.1) is 0 Å². The van der Waals surface area contributed by atoms with E-state index in [9.17, 15) is 4.79 Å². The molecule has 1 aliphatic rings. The van der Waals surface area contributed by atoms with Gasteiger partial charge in [-0.15, -0.1) is 0 Å². The van der Waals surface area contributed by atoms with E-state index in [-0.39, 0.29) is 12.1 Å². The fraction of sp³-hybridized carbons (Fsp3) is 0.471. The van der Waals surface area contributed by atoms with Crippen molar-refractivity contribution in [3.63, 3.8) is 0 Å². The Bertz CT molecular complexity index is 548. The topological polar surface area (TPSA) is 44.8 Å². The van der Waals surface area contributed by atoms with Gasteiger partial charge in [0.05, 0.1) is 19.8 Å². The first-order chi connectivity index (χ1) is 10.6. The summed E-state index contributed by atoms with van der Waals surface area (Å²) in [6.07, 6.45) is 6.55. The van der Waals surface area contributed by atoms with Crippen molar-refractivity contribution in [3.8, 4) is 11.5 Å². The molecule has 0 saturated heterocycles. The molecule has 2 rings (SSSR count). The van der Waals surface area contributed by atoms with Crippen molar-refractivity contribution in [1.82, 2.24) is 0 Å². The zero-order valence-electron chi connectivity index (χ0n) is 12.9. The fourth-order valence-corrected chi connectivity index (χ4v) is 2.85. The highest BCUT2D eigenvalue weighted by atomic mass is 79.9. The van der Waals surface area contributed by atoms with Gasteiger partial charge in [0, 0.05) is 0 Å². The summed E-state index contributed by atoms with van der Waals surface area (Å²) in [5.41, 5.74) is 0.855. The molecular weight excluding hydrogens is 348 g/mol. The number of halogens is 1. The van der Waals surface area contributed by atoms with E-state index in [0.29, 0.717) is 22.6 Å². The summed E-state index contributed by atoms with van der Waals surface area (Å²) >= 11 is 3.24. The second kappa shape index (κ2) is 8.22. The average Bonchev–Trinajstić information content (AvgIpc) is 3.01. The first-order valence-electron chi connectivity index (χ1n) is 7.53. The third kappa shape index (κ3) is 4.50. The number of carbonyl (C=O) groups excluding carboxylic acids is 1. The number of rotatable bonds is 6. The highest BCUT2D eigenvalue weighted by molar-refractivity contribution is 9.12. The smallest absolute Gasteiger partial charge is 0.345 e. The number of hydrogen-bond acceptors (Lipinski definition) is 4. The Morgan fingerprint density at radius 2 is 2.05 bits per heavy atom. The quantitative estimate of drug-likeness (QED) is 0.554. The van der Waals surface area contributed by atoms with Crippen LogP contribution in [0.15, 0.2) is 22.7 Å². The van der Waals surface area contributed by atoms with Crippen LogP contribution in [0.4, 0.5) is 0 Å². The molecule has 0 bridgehead atoms. The van der Waals surface area contributed by atoms with Crippen LogP contribution in [-0.4, -0.2) is 25.8 Å². The molecule has 0 amide bonds. The van der Waals surface area contributed by atoms with Crippen LogP contribution in [-0.2, 0) is 9.53 Å². The molecule has 1 saturated carbocycles. The zero-order valence-corrected chi connectivity index (χ0v) is 14.5. The Morgan fingerprint density at radius 1 is 1.32 bits per heavy atom. The molecule has 0 unspecified atom stereocenters. The van der Waals surface area contributed by atoms with Gasteiger partial charge in [-0.05, 0) is 72.3 Å². The molecule has 0 spiro atoms. The Labute approximate surface area is 139 Å². The summed E-state index contributed by atoms with van der Waals surface area (Å²) in [6, 6.07) is 5.61. The molecule has 1 aliphatic carbocycles. The lowest BCUT2D eigenvalue weighted by Crippen LogP contribution is -2.11. The van der Waals surface area contributed by atoms with Gasteiger partial charge in [-0.1, -0.05) is 6.07 Å². The van der Waals surface area contributed by atoms with E-state index in [1.54, 1.807) is 20.1 Å². The maximum absolute atomic E-state index is 11.6. The number of methoxy groups -OCH3 is 1. The van der Waals surface area contributed by atoms with Crippen LogP contribution in [0.3, 0.4) is 0 Å². The van der Waals surface area contributed by atoms with Crippen molar-refractivity contribution in [2.75, 3.05) is 13.7 Å². The summed E-state index contributed by atoms with van der Waals surface area (Å²) in [7, 11) is 1.63. The second-order valence-corrected chi connectivity index (χ2v) is 6.00. The molecule has 1 fully saturated rings. The lowest BCUT2D eigenvalue weighted by molar-refractivity contribution is -0.137. The normalized spacial score (nSPS) is 15.7. The van der Waals surface area contributed by atoms with Crippen molar-refractivity contribution in [2.45, 2.75) is 38.7 Å². The molecule has 4 nitrogen and oxygen atoms in total. The molecule has 0 heterocycles. The van der Waals surface area contributed by atoms with Crippen molar-refractivity contribution in [3.05, 3.63) is 28.2 Å². The van der Waals surface area contributed by atoms with Gasteiger partial charge in [-0.3, -0.25) is 0 Å². The van der Waals surface area contributed by atoms with E-state index in [1.807, 2.05) is 18.2 Å². The molecule has 1 aromatic carbocycles. The molecule has 0 atom stereocenters. The summed E-state index contributed by atoms with van der Waals surface area (Å²) in [6.45, 7) is 2.12.